The number of rotatable bonds is 6. The number of carbonyl (C=O) groups excluding carboxylic acids is 1. The molecule has 1 atom stereocenters. The summed E-state index contributed by atoms with van der Waals surface area (Å²) in [5.74, 6) is 2.54. The number of fused-ring (bicyclic) bond motifs is 1. The van der Waals surface area contributed by atoms with Crippen LogP contribution in [0.15, 0.2) is 53.8 Å². The first-order valence-corrected chi connectivity index (χ1v) is 11.2. The number of nitrogens with one attached hydrogen (secondary N) is 4. The second-order valence-electron chi connectivity index (χ2n) is 7.62. The number of anilines is 2. The molecule has 1 fully saturated rings. The third-order valence-electron chi connectivity index (χ3n) is 5.11. The number of H-pyrrole nitrogens is 1. The number of ether oxygens (including phenoxy) is 1. The number of amides is 1. The van der Waals surface area contributed by atoms with Crippen molar-refractivity contribution in [3.63, 3.8) is 0 Å². The number of hydrogen-bond acceptors (Lipinski definition) is 8. The van der Waals surface area contributed by atoms with E-state index in [2.05, 4.69) is 35.4 Å². The number of benzene rings is 1. The van der Waals surface area contributed by atoms with E-state index in [0.29, 0.717) is 18.8 Å². The molecular formula is C21H24N8O2S. The van der Waals surface area contributed by atoms with Gasteiger partial charge < -0.3 is 19.7 Å². The number of imidazole rings is 1. The molecule has 1 unspecified atom stereocenters. The van der Waals surface area contributed by atoms with E-state index in [4.69, 9.17) is 4.74 Å². The van der Waals surface area contributed by atoms with Gasteiger partial charge in [0, 0.05) is 41.3 Å². The van der Waals surface area contributed by atoms with Crippen LogP contribution in [-0.2, 0) is 11.3 Å². The highest BCUT2D eigenvalue weighted by atomic mass is 32.2. The van der Waals surface area contributed by atoms with E-state index in [9.17, 15) is 4.79 Å². The Hall–Kier alpha value is -3.44. The standard InChI is InChI=1S/C21H24N8O2S/c1-14-10-18(27-26-14)25-20-13-28(12-19-23-8-9-29(19)20)32-17-4-2-15(3-5-17)24-21(30)31-16-6-7-22-11-16/h2-5,8-10,13,16,22H,6-7,11-12H2,1H3,(H,24,30)(H2,25,26,27). The summed E-state index contributed by atoms with van der Waals surface area (Å²) in [7, 11) is 0. The molecule has 2 aliphatic heterocycles. The Morgan fingerprint density at radius 3 is 2.94 bits per heavy atom. The lowest BCUT2D eigenvalue weighted by Gasteiger charge is -2.26. The number of carbonyl (C=O) groups is 1. The van der Waals surface area contributed by atoms with Crippen LogP contribution in [-0.4, -0.2) is 49.3 Å². The van der Waals surface area contributed by atoms with E-state index < -0.39 is 6.09 Å². The van der Waals surface area contributed by atoms with Crippen LogP contribution < -0.4 is 16.0 Å². The minimum atomic E-state index is -0.422. The Kier molecular flexibility index (Phi) is 5.73. The van der Waals surface area contributed by atoms with Gasteiger partial charge in [0.05, 0.1) is 12.7 Å². The molecule has 1 saturated heterocycles. The van der Waals surface area contributed by atoms with Crippen molar-refractivity contribution in [1.82, 2.24) is 29.4 Å². The molecular weight excluding hydrogens is 428 g/mol. The number of aryl methyl sites for hydroxylation is 1. The van der Waals surface area contributed by atoms with Gasteiger partial charge in [0.1, 0.15) is 17.7 Å². The van der Waals surface area contributed by atoms with Gasteiger partial charge in [-0.1, -0.05) is 0 Å². The maximum Gasteiger partial charge on any atom is 0.411 e. The topological polar surface area (TPSA) is 112 Å². The van der Waals surface area contributed by atoms with Crippen molar-refractivity contribution in [2.75, 3.05) is 23.7 Å². The number of nitrogens with zero attached hydrogens (tertiary/aromatic N) is 4. The summed E-state index contributed by atoms with van der Waals surface area (Å²) >= 11 is 1.59. The predicted molar refractivity (Wildman–Crippen MR) is 123 cm³/mol. The van der Waals surface area contributed by atoms with Gasteiger partial charge in [0.2, 0.25) is 0 Å². The number of aromatic amines is 1. The SMILES string of the molecule is Cc1cc(NC2=CN(Sc3ccc(NC(=O)OC4CCNC4)cc3)Cc3nccn32)n[nH]1. The Morgan fingerprint density at radius 1 is 1.31 bits per heavy atom. The Balaban J connectivity index is 1.23. The van der Waals surface area contributed by atoms with E-state index in [0.717, 1.165) is 41.0 Å². The zero-order chi connectivity index (χ0) is 21.9. The highest BCUT2D eigenvalue weighted by Crippen LogP contribution is 2.30. The highest BCUT2D eigenvalue weighted by molar-refractivity contribution is 7.97. The van der Waals surface area contributed by atoms with E-state index in [1.54, 1.807) is 18.1 Å². The lowest BCUT2D eigenvalue weighted by atomic mass is 10.3. The summed E-state index contributed by atoms with van der Waals surface area (Å²) in [5, 5.41) is 16.5. The van der Waals surface area contributed by atoms with Gasteiger partial charge in [-0.3, -0.25) is 15.0 Å². The fourth-order valence-electron chi connectivity index (χ4n) is 3.58. The highest BCUT2D eigenvalue weighted by Gasteiger charge is 2.20. The molecule has 11 heteroatoms. The largest absolute Gasteiger partial charge is 0.445 e. The van der Waals surface area contributed by atoms with Crippen molar-refractivity contribution in [2.45, 2.75) is 30.9 Å². The minimum absolute atomic E-state index is 0.0588. The molecule has 5 rings (SSSR count). The van der Waals surface area contributed by atoms with Crippen LogP contribution in [0.1, 0.15) is 17.9 Å². The summed E-state index contributed by atoms with van der Waals surface area (Å²) in [6.45, 7) is 4.21. The first kappa shape index (κ1) is 20.5. The number of hydrogen-bond donors (Lipinski definition) is 4. The fraction of sp³-hybridized carbons (Fsp3) is 0.286. The molecule has 4 heterocycles. The molecule has 0 spiro atoms. The first-order valence-electron chi connectivity index (χ1n) is 10.4. The molecule has 2 aliphatic rings. The molecule has 1 amide bonds. The molecule has 0 aliphatic carbocycles. The second-order valence-corrected chi connectivity index (χ2v) is 8.75. The van der Waals surface area contributed by atoms with Crippen molar-refractivity contribution >= 4 is 35.4 Å². The monoisotopic (exact) mass is 452 g/mol. The van der Waals surface area contributed by atoms with Crippen LogP contribution in [0.4, 0.5) is 16.3 Å². The van der Waals surface area contributed by atoms with E-state index in [1.165, 1.54) is 0 Å². The maximum absolute atomic E-state index is 12.0. The van der Waals surface area contributed by atoms with Crippen LogP contribution in [0.2, 0.25) is 0 Å². The van der Waals surface area contributed by atoms with Crippen molar-refractivity contribution in [3.8, 4) is 0 Å². The molecule has 3 aromatic rings. The van der Waals surface area contributed by atoms with Crippen LogP contribution in [0.3, 0.4) is 0 Å². The average Bonchev–Trinajstić information content (AvgIpc) is 3.52. The molecule has 0 saturated carbocycles. The minimum Gasteiger partial charge on any atom is -0.445 e. The second kappa shape index (κ2) is 8.97. The lowest BCUT2D eigenvalue weighted by Crippen LogP contribution is -2.24. The van der Waals surface area contributed by atoms with Crippen LogP contribution in [0.25, 0.3) is 5.82 Å². The van der Waals surface area contributed by atoms with Gasteiger partial charge in [-0.25, -0.2) is 9.78 Å². The molecule has 1 aromatic carbocycles. The molecule has 10 nitrogen and oxygen atoms in total. The van der Waals surface area contributed by atoms with Gasteiger partial charge in [0.25, 0.3) is 0 Å². The van der Waals surface area contributed by atoms with E-state index in [-0.39, 0.29) is 6.10 Å². The molecule has 0 bridgehead atoms. The summed E-state index contributed by atoms with van der Waals surface area (Å²) < 4.78 is 9.52. The normalized spacial score (nSPS) is 17.6. The fourth-order valence-corrected chi connectivity index (χ4v) is 4.44. The molecule has 32 heavy (non-hydrogen) atoms. The Morgan fingerprint density at radius 2 is 2.19 bits per heavy atom. The first-order chi connectivity index (χ1) is 15.6. The summed E-state index contributed by atoms with van der Waals surface area (Å²) in [6.07, 6.45) is 6.11. The van der Waals surface area contributed by atoms with Crippen LogP contribution in [0, 0.1) is 6.92 Å². The Labute approximate surface area is 189 Å². The maximum atomic E-state index is 12.0. The van der Waals surface area contributed by atoms with Crippen LogP contribution >= 0.6 is 11.9 Å². The molecule has 166 valence electrons. The predicted octanol–water partition coefficient (Wildman–Crippen LogP) is 3.22. The average molecular weight is 453 g/mol. The molecule has 0 radical (unpaired) electrons. The van der Waals surface area contributed by atoms with Gasteiger partial charge in [-0.15, -0.1) is 0 Å². The third kappa shape index (κ3) is 4.73. The molecule has 2 aromatic heterocycles. The zero-order valence-electron chi connectivity index (χ0n) is 17.5. The summed E-state index contributed by atoms with van der Waals surface area (Å²) in [6, 6.07) is 9.63. The van der Waals surface area contributed by atoms with Gasteiger partial charge >= 0.3 is 6.09 Å². The zero-order valence-corrected chi connectivity index (χ0v) is 18.4. The van der Waals surface area contributed by atoms with Gasteiger partial charge in [-0.2, -0.15) is 5.10 Å². The number of aromatic nitrogens is 4. The smallest absolute Gasteiger partial charge is 0.411 e. The van der Waals surface area contributed by atoms with Crippen molar-refractivity contribution in [3.05, 3.63) is 60.4 Å². The van der Waals surface area contributed by atoms with E-state index in [1.807, 2.05) is 54.2 Å². The molecule has 4 N–H and O–H groups in total. The summed E-state index contributed by atoms with van der Waals surface area (Å²) in [5.41, 5.74) is 1.68. The quantitative estimate of drug-likeness (QED) is 0.422. The van der Waals surface area contributed by atoms with Crippen molar-refractivity contribution in [2.24, 2.45) is 0 Å². The van der Waals surface area contributed by atoms with Crippen LogP contribution in [0.5, 0.6) is 0 Å². The Bertz CT molecular complexity index is 1120. The summed E-state index contributed by atoms with van der Waals surface area (Å²) in [4.78, 5) is 17.5. The van der Waals surface area contributed by atoms with Crippen molar-refractivity contribution in [1.29, 1.82) is 0 Å². The van der Waals surface area contributed by atoms with E-state index >= 15 is 0 Å². The van der Waals surface area contributed by atoms with Gasteiger partial charge in [0.15, 0.2) is 5.82 Å². The van der Waals surface area contributed by atoms with Gasteiger partial charge in [-0.05, 0) is 56.1 Å². The lowest BCUT2D eigenvalue weighted by molar-refractivity contribution is 0.121. The van der Waals surface area contributed by atoms with Crippen molar-refractivity contribution < 1.29 is 9.53 Å². The third-order valence-corrected chi connectivity index (χ3v) is 6.07.